The fraction of sp³-hybridized carbons (Fsp3) is 0.158. The number of aliphatic hydroxyl groups excluding tert-OH is 1. The third-order valence-corrected chi connectivity index (χ3v) is 3.80. The molecule has 6 heteroatoms. The number of aromatic nitrogens is 2. The lowest BCUT2D eigenvalue weighted by atomic mass is 10.1. The summed E-state index contributed by atoms with van der Waals surface area (Å²) in [6, 6.07) is 15.0. The van der Waals surface area contributed by atoms with Crippen molar-refractivity contribution in [1.29, 1.82) is 0 Å². The Labute approximate surface area is 144 Å². The van der Waals surface area contributed by atoms with E-state index in [-0.39, 0.29) is 12.3 Å². The van der Waals surface area contributed by atoms with Gasteiger partial charge in [-0.2, -0.15) is 0 Å². The fourth-order valence-electron chi connectivity index (χ4n) is 2.55. The second-order valence-corrected chi connectivity index (χ2v) is 5.60. The van der Waals surface area contributed by atoms with Crippen molar-refractivity contribution >= 4 is 11.6 Å². The number of nitrogens with one attached hydrogen (secondary N) is 1. The minimum atomic E-state index is -0.859. The molecule has 1 heterocycles. The van der Waals surface area contributed by atoms with Gasteiger partial charge in [0.1, 0.15) is 17.7 Å². The molecule has 0 spiro atoms. The van der Waals surface area contributed by atoms with Crippen LogP contribution < -0.4 is 5.32 Å². The lowest BCUT2D eigenvalue weighted by molar-refractivity contribution is -0.116. The number of hydrogen-bond acceptors (Lipinski definition) is 3. The molecule has 3 rings (SSSR count). The highest BCUT2D eigenvalue weighted by Crippen LogP contribution is 2.20. The molecule has 3 aromatic rings. The fourth-order valence-corrected chi connectivity index (χ4v) is 2.55. The maximum absolute atomic E-state index is 13.1. The number of aryl methyl sites for hydroxylation is 1. The highest BCUT2D eigenvalue weighted by molar-refractivity contribution is 5.90. The first-order valence-corrected chi connectivity index (χ1v) is 7.93. The predicted octanol–water partition coefficient (Wildman–Crippen LogP) is 3.13. The van der Waals surface area contributed by atoms with Crippen LogP contribution in [0, 0.1) is 5.82 Å². The van der Waals surface area contributed by atoms with Crippen LogP contribution in [-0.4, -0.2) is 20.6 Å². The molecule has 0 fully saturated rings. The molecule has 1 aromatic heterocycles. The summed E-state index contributed by atoms with van der Waals surface area (Å²) in [5.41, 5.74) is 1.15. The van der Waals surface area contributed by atoms with Gasteiger partial charge >= 0.3 is 0 Å². The van der Waals surface area contributed by atoms with E-state index in [0.717, 1.165) is 5.56 Å². The summed E-state index contributed by atoms with van der Waals surface area (Å²) in [6.45, 7) is 0.361. The third-order valence-electron chi connectivity index (χ3n) is 3.80. The minimum absolute atomic E-state index is 0.182. The summed E-state index contributed by atoms with van der Waals surface area (Å²) in [6.07, 6.45) is 2.63. The highest BCUT2D eigenvalue weighted by Gasteiger charge is 2.16. The average Bonchev–Trinajstić information content (AvgIpc) is 3.08. The summed E-state index contributed by atoms with van der Waals surface area (Å²) < 4.78 is 14.9. The molecule has 5 nitrogen and oxygen atoms in total. The molecule has 0 saturated heterocycles. The van der Waals surface area contributed by atoms with Gasteiger partial charge in [-0.3, -0.25) is 4.79 Å². The molecular weight excluding hydrogens is 321 g/mol. The van der Waals surface area contributed by atoms with Crippen molar-refractivity contribution in [2.24, 2.45) is 0 Å². The zero-order valence-corrected chi connectivity index (χ0v) is 13.5. The second-order valence-electron chi connectivity index (χ2n) is 5.60. The van der Waals surface area contributed by atoms with Crippen molar-refractivity contribution in [3.8, 4) is 0 Å². The molecule has 0 aliphatic carbocycles. The average molecular weight is 339 g/mol. The molecule has 2 N–H and O–H groups in total. The van der Waals surface area contributed by atoms with E-state index in [2.05, 4.69) is 10.3 Å². The topological polar surface area (TPSA) is 67.2 Å². The number of hydrogen-bond donors (Lipinski definition) is 2. The van der Waals surface area contributed by atoms with Gasteiger partial charge in [0.05, 0.1) is 0 Å². The first kappa shape index (κ1) is 16.9. The monoisotopic (exact) mass is 339 g/mol. The first-order chi connectivity index (χ1) is 12.1. The predicted molar refractivity (Wildman–Crippen MR) is 92.4 cm³/mol. The minimum Gasteiger partial charge on any atom is -0.380 e. The van der Waals surface area contributed by atoms with Crippen molar-refractivity contribution in [2.45, 2.75) is 19.1 Å². The van der Waals surface area contributed by atoms with Crippen molar-refractivity contribution < 1.29 is 14.3 Å². The summed E-state index contributed by atoms with van der Waals surface area (Å²) in [5.74, 6) is -0.162. The van der Waals surface area contributed by atoms with Gasteiger partial charge < -0.3 is 15.0 Å². The lowest BCUT2D eigenvalue weighted by Gasteiger charge is -2.13. The van der Waals surface area contributed by atoms with Crippen LogP contribution in [-0.2, 0) is 11.3 Å². The number of rotatable bonds is 6. The highest BCUT2D eigenvalue weighted by atomic mass is 19.1. The number of benzene rings is 2. The van der Waals surface area contributed by atoms with Crippen molar-refractivity contribution in [3.05, 3.63) is 84.2 Å². The normalized spacial score (nSPS) is 11.9. The molecule has 0 aliphatic rings. The Hall–Kier alpha value is -2.99. The van der Waals surface area contributed by atoms with Crippen LogP contribution in [0.3, 0.4) is 0 Å². The lowest BCUT2D eigenvalue weighted by Crippen LogP contribution is -2.16. The van der Waals surface area contributed by atoms with Crippen molar-refractivity contribution in [3.63, 3.8) is 0 Å². The van der Waals surface area contributed by atoms with Crippen LogP contribution in [0.1, 0.15) is 23.9 Å². The van der Waals surface area contributed by atoms with Crippen LogP contribution in [0.15, 0.2) is 67.0 Å². The molecular formula is C19H18FN3O2. The Morgan fingerprint density at radius 3 is 2.76 bits per heavy atom. The zero-order chi connectivity index (χ0) is 17.6. The van der Waals surface area contributed by atoms with Crippen LogP contribution in [0.5, 0.6) is 0 Å². The largest absolute Gasteiger partial charge is 0.380 e. The van der Waals surface area contributed by atoms with Gasteiger partial charge in [-0.15, -0.1) is 0 Å². The van der Waals surface area contributed by atoms with Gasteiger partial charge in [-0.1, -0.05) is 36.4 Å². The van der Waals surface area contributed by atoms with Crippen molar-refractivity contribution in [2.75, 3.05) is 5.32 Å². The van der Waals surface area contributed by atoms with E-state index in [1.807, 2.05) is 30.3 Å². The maximum Gasteiger partial charge on any atom is 0.226 e. The molecule has 0 unspecified atom stereocenters. The SMILES string of the molecule is O=C(CCn1ccnc1[C@H](O)c1ccccc1)Nc1cccc(F)c1. The maximum atomic E-state index is 13.1. The van der Waals surface area contributed by atoms with Crippen LogP contribution in [0.2, 0.25) is 0 Å². The zero-order valence-electron chi connectivity index (χ0n) is 13.5. The number of halogens is 1. The van der Waals surface area contributed by atoms with E-state index in [1.165, 1.54) is 18.2 Å². The molecule has 1 amide bonds. The first-order valence-electron chi connectivity index (χ1n) is 7.93. The molecule has 25 heavy (non-hydrogen) atoms. The van der Waals surface area contributed by atoms with Gasteiger partial charge in [0.2, 0.25) is 5.91 Å². The third kappa shape index (κ3) is 4.30. The Morgan fingerprint density at radius 1 is 1.20 bits per heavy atom. The Morgan fingerprint density at radius 2 is 2.00 bits per heavy atom. The summed E-state index contributed by atoms with van der Waals surface area (Å²) in [7, 11) is 0. The van der Waals surface area contributed by atoms with Crippen LogP contribution in [0.4, 0.5) is 10.1 Å². The number of anilines is 1. The number of amides is 1. The molecule has 0 bridgehead atoms. The Balaban J connectivity index is 1.62. The smallest absolute Gasteiger partial charge is 0.226 e. The van der Waals surface area contributed by atoms with E-state index >= 15 is 0 Å². The van der Waals surface area contributed by atoms with E-state index in [4.69, 9.17) is 0 Å². The summed E-state index contributed by atoms with van der Waals surface area (Å²) in [4.78, 5) is 16.2. The molecule has 128 valence electrons. The standard InChI is InChI=1S/C19H18FN3O2/c20-15-7-4-8-16(13-15)22-17(24)9-11-23-12-10-21-19(23)18(25)14-5-2-1-3-6-14/h1-8,10,12-13,18,25H,9,11H2,(H,22,24)/t18-/m1/s1. The van der Waals surface area contributed by atoms with Gasteiger partial charge in [0.15, 0.2) is 0 Å². The molecule has 0 radical (unpaired) electrons. The van der Waals surface area contributed by atoms with E-state index in [9.17, 15) is 14.3 Å². The second kappa shape index (κ2) is 7.72. The van der Waals surface area contributed by atoms with E-state index in [1.54, 1.807) is 23.0 Å². The number of aliphatic hydroxyl groups is 1. The molecule has 0 saturated carbocycles. The van der Waals surface area contributed by atoms with Crippen molar-refractivity contribution in [1.82, 2.24) is 9.55 Å². The number of nitrogens with zero attached hydrogens (tertiary/aromatic N) is 2. The molecule has 1 atom stereocenters. The van der Waals surface area contributed by atoms with Gasteiger partial charge in [-0.25, -0.2) is 9.37 Å². The van der Waals surface area contributed by atoms with Crippen LogP contribution >= 0.6 is 0 Å². The molecule has 2 aromatic carbocycles. The molecule has 0 aliphatic heterocycles. The van der Waals surface area contributed by atoms with E-state index in [0.29, 0.717) is 18.1 Å². The van der Waals surface area contributed by atoms with Gasteiger partial charge in [-0.05, 0) is 23.8 Å². The van der Waals surface area contributed by atoms with Gasteiger partial charge in [0, 0.05) is 31.0 Å². The Bertz CT molecular complexity index is 849. The summed E-state index contributed by atoms with van der Waals surface area (Å²) in [5, 5.41) is 13.1. The number of carbonyl (C=O) groups is 1. The quantitative estimate of drug-likeness (QED) is 0.725. The number of imidazole rings is 1. The van der Waals surface area contributed by atoms with Crippen LogP contribution in [0.25, 0.3) is 0 Å². The van der Waals surface area contributed by atoms with Gasteiger partial charge in [0.25, 0.3) is 0 Å². The summed E-state index contributed by atoms with van der Waals surface area (Å²) >= 11 is 0. The number of carbonyl (C=O) groups excluding carboxylic acids is 1. The Kier molecular flexibility index (Phi) is 5.20. The van der Waals surface area contributed by atoms with E-state index < -0.39 is 11.9 Å².